The number of benzene rings is 2. The number of fused-ring (bicyclic) bond motifs is 1. The number of carbonyl (C=O) groups is 2. The van der Waals surface area contributed by atoms with Gasteiger partial charge in [0.1, 0.15) is 0 Å². The molecule has 0 saturated heterocycles. The van der Waals surface area contributed by atoms with Crippen LogP contribution in [0.3, 0.4) is 0 Å². The van der Waals surface area contributed by atoms with Crippen molar-refractivity contribution in [3.63, 3.8) is 0 Å². The average molecular weight is 405 g/mol. The molecule has 1 aliphatic rings. The molecule has 2 amide bonds. The Kier molecular flexibility index (Phi) is 6.06. The molecule has 1 N–H and O–H groups in total. The van der Waals surface area contributed by atoms with Crippen molar-refractivity contribution < 1.29 is 9.59 Å². The van der Waals surface area contributed by atoms with Crippen LogP contribution in [0.2, 0.25) is 0 Å². The average Bonchev–Trinajstić information content (AvgIpc) is 3.23. The molecule has 148 valence electrons. The summed E-state index contributed by atoms with van der Waals surface area (Å²) in [4.78, 5) is 28.5. The number of hydrogen-bond donors (Lipinski definition) is 1. The van der Waals surface area contributed by atoms with Crippen molar-refractivity contribution in [1.82, 2.24) is 10.2 Å². The zero-order chi connectivity index (χ0) is 20.1. The first-order valence-electron chi connectivity index (χ1n) is 9.93. The van der Waals surface area contributed by atoms with Crippen molar-refractivity contribution in [1.29, 1.82) is 0 Å². The Balaban J connectivity index is 1.39. The summed E-state index contributed by atoms with van der Waals surface area (Å²) >= 11 is 1.77. The Labute approximate surface area is 175 Å². The van der Waals surface area contributed by atoms with E-state index in [-0.39, 0.29) is 17.9 Å². The van der Waals surface area contributed by atoms with Crippen LogP contribution in [0.1, 0.15) is 34.0 Å². The van der Waals surface area contributed by atoms with E-state index in [9.17, 15) is 9.59 Å². The van der Waals surface area contributed by atoms with E-state index in [0.717, 1.165) is 17.5 Å². The zero-order valence-electron chi connectivity index (χ0n) is 16.2. The Hall–Kier alpha value is -2.92. The molecule has 0 radical (unpaired) electrons. The van der Waals surface area contributed by atoms with E-state index in [2.05, 4.69) is 28.9 Å². The summed E-state index contributed by atoms with van der Waals surface area (Å²) in [7, 11) is 0. The topological polar surface area (TPSA) is 49.4 Å². The minimum Gasteiger partial charge on any atom is -0.355 e. The molecule has 0 unspecified atom stereocenters. The number of nitrogens with one attached hydrogen (secondary N) is 1. The van der Waals surface area contributed by atoms with Gasteiger partial charge in [-0.2, -0.15) is 0 Å². The summed E-state index contributed by atoms with van der Waals surface area (Å²) in [6.07, 6.45) is 1.54. The lowest BCUT2D eigenvalue weighted by molar-refractivity contribution is -0.133. The van der Waals surface area contributed by atoms with Gasteiger partial charge in [0.2, 0.25) is 11.8 Å². The summed E-state index contributed by atoms with van der Waals surface area (Å²) in [5, 5.41) is 5.00. The van der Waals surface area contributed by atoms with Crippen LogP contribution in [0, 0.1) is 0 Å². The quantitative estimate of drug-likeness (QED) is 0.676. The third-order valence-corrected chi connectivity index (χ3v) is 6.27. The number of thiophene rings is 1. The third-order valence-electron chi connectivity index (χ3n) is 5.27. The molecule has 1 aliphatic heterocycles. The molecule has 2 aromatic carbocycles. The highest BCUT2D eigenvalue weighted by Crippen LogP contribution is 2.37. The van der Waals surface area contributed by atoms with Crippen LogP contribution in [0.4, 0.5) is 0 Å². The molecule has 4 rings (SSSR count). The second-order valence-corrected chi connectivity index (χ2v) is 8.21. The van der Waals surface area contributed by atoms with Crippen LogP contribution in [-0.2, 0) is 22.4 Å². The summed E-state index contributed by atoms with van der Waals surface area (Å²) in [6, 6.07) is 21.9. The lowest BCUT2D eigenvalue weighted by atomic mass is 9.93. The van der Waals surface area contributed by atoms with Gasteiger partial charge in [-0.1, -0.05) is 60.7 Å². The predicted octanol–water partition coefficient (Wildman–Crippen LogP) is 3.97. The van der Waals surface area contributed by atoms with E-state index in [4.69, 9.17) is 0 Å². The zero-order valence-corrected chi connectivity index (χ0v) is 17.0. The second-order valence-electron chi connectivity index (χ2n) is 7.21. The molecule has 3 aromatic rings. The van der Waals surface area contributed by atoms with Gasteiger partial charge in [0.05, 0.1) is 12.5 Å². The molecule has 4 nitrogen and oxygen atoms in total. The van der Waals surface area contributed by atoms with Gasteiger partial charge in [0.25, 0.3) is 0 Å². The van der Waals surface area contributed by atoms with E-state index in [0.29, 0.717) is 25.9 Å². The first-order chi connectivity index (χ1) is 14.2. The molecule has 0 spiro atoms. The summed E-state index contributed by atoms with van der Waals surface area (Å²) in [5.74, 6) is 0.0260. The molecule has 0 fully saturated rings. The maximum absolute atomic E-state index is 13.0. The van der Waals surface area contributed by atoms with Crippen molar-refractivity contribution in [3.05, 3.63) is 93.7 Å². The number of hydrogen-bond acceptors (Lipinski definition) is 3. The van der Waals surface area contributed by atoms with Crippen LogP contribution in [0.15, 0.2) is 72.1 Å². The van der Waals surface area contributed by atoms with Gasteiger partial charge in [-0.05, 0) is 34.6 Å². The standard InChI is InChI=1S/C24H24N2O2S/c27-22(17-18-7-3-1-4-8-18)25-14-11-23(28)26-15-12-21-20(13-16-29-21)24(26)19-9-5-2-6-10-19/h1-10,13,16,24H,11-12,14-15,17H2,(H,25,27)/t24-/m0/s1. The van der Waals surface area contributed by atoms with Gasteiger partial charge in [0.15, 0.2) is 0 Å². The van der Waals surface area contributed by atoms with E-state index < -0.39 is 0 Å². The number of rotatable bonds is 6. The molecular weight excluding hydrogens is 380 g/mol. The second kappa shape index (κ2) is 9.05. The fourth-order valence-corrected chi connectivity index (χ4v) is 4.78. The fraction of sp³-hybridized carbons (Fsp3) is 0.250. The maximum atomic E-state index is 13.0. The molecule has 1 atom stereocenters. The monoisotopic (exact) mass is 404 g/mol. The van der Waals surface area contributed by atoms with Crippen molar-refractivity contribution in [2.24, 2.45) is 0 Å². The molecule has 5 heteroatoms. The van der Waals surface area contributed by atoms with Crippen molar-refractivity contribution in [3.8, 4) is 0 Å². The highest BCUT2D eigenvalue weighted by Gasteiger charge is 2.32. The summed E-state index contributed by atoms with van der Waals surface area (Å²) in [6.45, 7) is 1.07. The summed E-state index contributed by atoms with van der Waals surface area (Å²) in [5.41, 5.74) is 3.34. The maximum Gasteiger partial charge on any atom is 0.225 e. The number of nitrogens with zero attached hydrogens (tertiary/aromatic N) is 1. The molecule has 2 heterocycles. The normalized spacial score (nSPS) is 15.6. The smallest absolute Gasteiger partial charge is 0.225 e. The molecule has 0 saturated carbocycles. The highest BCUT2D eigenvalue weighted by molar-refractivity contribution is 7.10. The van der Waals surface area contributed by atoms with Crippen LogP contribution < -0.4 is 5.32 Å². The first-order valence-corrected chi connectivity index (χ1v) is 10.8. The minimum absolute atomic E-state index is 0.0429. The van der Waals surface area contributed by atoms with Crippen molar-refractivity contribution in [2.75, 3.05) is 13.1 Å². The molecule has 1 aromatic heterocycles. The molecule has 0 bridgehead atoms. The third kappa shape index (κ3) is 4.57. The SMILES string of the molecule is O=C(Cc1ccccc1)NCCC(=O)N1CCc2sccc2[C@@H]1c1ccccc1. The van der Waals surface area contributed by atoms with Gasteiger partial charge in [-0.3, -0.25) is 9.59 Å². The Morgan fingerprint density at radius 1 is 1.00 bits per heavy atom. The Morgan fingerprint density at radius 3 is 2.48 bits per heavy atom. The van der Waals surface area contributed by atoms with Crippen LogP contribution in [-0.4, -0.2) is 29.8 Å². The molecule has 0 aliphatic carbocycles. The number of amides is 2. The van der Waals surface area contributed by atoms with Crippen molar-refractivity contribution in [2.45, 2.75) is 25.3 Å². The van der Waals surface area contributed by atoms with E-state index in [1.54, 1.807) is 11.3 Å². The Morgan fingerprint density at radius 2 is 1.72 bits per heavy atom. The first kappa shape index (κ1) is 19.4. The molecule has 29 heavy (non-hydrogen) atoms. The predicted molar refractivity (Wildman–Crippen MR) is 116 cm³/mol. The van der Waals surface area contributed by atoms with Gasteiger partial charge >= 0.3 is 0 Å². The number of carbonyl (C=O) groups excluding carboxylic acids is 2. The lowest BCUT2D eigenvalue weighted by Gasteiger charge is -2.36. The van der Waals surface area contributed by atoms with Crippen molar-refractivity contribution >= 4 is 23.2 Å². The Bertz CT molecular complexity index is 969. The van der Waals surface area contributed by atoms with Gasteiger partial charge < -0.3 is 10.2 Å². The minimum atomic E-state index is -0.0534. The van der Waals surface area contributed by atoms with Crippen LogP contribution in [0.25, 0.3) is 0 Å². The summed E-state index contributed by atoms with van der Waals surface area (Å²) < 4.78 is 0. The molecular formula is C24H24N2O2S. The van der Waals surface area contributed by atoms with E-state index in [1.165, 1.54) is 10.4 Å². The largest absolute Gasteiger partial charge is 0.355 e. The van der Waals surface area contributed by atoms with Gasteiger partial charge in [-0.25, -0.2) is 0 Å². The van der Waals surface area contributed by atoms with E-state index >= 15 is 0 Å². The van der Waals surface area contributed by atoms with Crippen LogP contribution in [0.5, 0.6) is 0 Å². The van der Waals surface area contributed by atoms with E-state index in [1.807, 2.05) is 53.4 Å². The van der Waals surface area contributed by atoms with Gasteiger partial charge in [0, 0.05) is 24.4 Å². The fourth-order valence-electron chi connectivity index (χ4n) is 3.88. The van der Waals surface area contributed by atoms with Crippen LogP contribution >= 0.6 is 11.3 Å². The van der Waals surface area contributed by atoms with Gasteiger partial charge in [-0.15, -0.1) is 11.3 Å². The lowest BCUT2D eigenvalue weighted by Crippen LogP contribution is -2.41. The highest BCUT2D eigenvalue weighted by atomic mass is 32.1.